The molecule has 0 aliphatic rings. The lowest BCUT2D eigenvalue weighted by molar-refractivity contribution is 0.569. The van der Waals surface area contributed by atoms with Crippen LogP contribution >= 0.6 is 22.9 Å². The van der Waals surface area contributed by atoms with Gasteiger partial charge in [0.05, 0.1) is 10.6 Å². The van der Waals surface area contributed by atoms with Crippen molar-refractivity contribution in [3.63, 3.8) is 0 Å². The van der Waals surface area contributed by atoms with Crippen LogP contribution in [-0.4, -0.2) is 23.1 Å². The van der Waals surface area contributed by atoms with Crippen LogP contribution in [0.2, 0.25) is 4.34 Å². The molecule has 1 atom stereocenters. The van der Waals surface area contributed by atoms with Crippen LogP contribution in [0.1, 0.15) is 18.5 Å². The SMILES string of the molecule is C[C@@H](NS(=O)(=O)c1ccc(Cl)s1)c1cccc(NS(C)(=O)=O)c1. The number of anilines is 1. The molecule has 0 bridgehead atoms. The Bertz CT molecular complexity index is 907. The Morgan fingerprint density at radius 3 is 2.39 bits per heavy atom. The summed E-state index contributed by atoms with van der Waals surface area (Å²) in [5.41, 5.74) is 1.00. The number of rotatable bonds is 6. The van der Waals surface area contributed by atoms with Gasteiger partial charge < -0.3 is 0 Å². The molecular weight excluding hydrogens is 380 g/mol. The Balaban J connectivity index is 2.21. The van der Waals surface area contributed by atoms with Crippen molar-refractivity contribution in [1.29, 1.82) is 0 Å². The minimum atomic E-state index is -3.69. The maximum atomic E-state index is 12.3. The molecule has 0 radical (unpaired) electrons. The van der Waals surface area contributed by atoms with Crippen LogP contribution < -0.4 is 9.44 Å². The van der Waals surface area contributed by atoms with Gasteiger partial charge in [0.2, 0.25) is 10.0 Å². The van der Waals surface area contributed by atoms with Gasteiger partial charge in [-0.1, -0.05) is 23.7 Å². The van der Waals surface area contributed by atoms with Crippen molar-refractivity contribution >= 4 is 48.7 Å². The van der Waals surface area contributed by atoms with Crippen molar-refractivity contribution in [2.45, 2.75) is 17.2 Å². The second-order valence-corrected chi connectivity index (χ2v) is 10.3. The molecule has 0 amide bonds. The van der Waals surface area contributed by atoms with E-state index in [0.29, 0.717) is 15.6 Å². The first kappa shape index (κ1) is 18.2. The summed E-state index contributed by atoms with van der Waals surface area (Å²) in [5.74, 6) is 0. The molecule has 2 aromatic rings. The number of halogens is 1. The molecule has 1 aromatic carbocycles. The molecule has 0 unspecified atom stereocenters. The van der Waals surface area contributed by atoms with Crippen molar-refractivity contribution in [3.8, 4) is 0 Å². The molecule has 126 valence electrons. The third kappa shape index (κ3) is 5.18. The molecule has 1 aromatic heterocycles. The van der Waals surface area contributed by atoms with E-state index in [2.05, 4.69) is 9.44 Å². The van der Waals surface area contributed by atoms with E-state index in [-0.39, 0.29) is 4.21 Å². The molecule has 0 aliphatic carbocycles. The number of nitrogens with one attached hydrogen (secondary N) is 2. The van der Waals surface area contributed by atoms with E-state index in [0.717, 1.165) is 17.6 Å². The Morgan fingerprint density at radius 2 is 1.83 bits per heavy atom. The highest BCUT2D eigenvalue weighted by atomic mass is 35.5. The van der Waals surface area contributed by atoms with Gasteiger partial charge in [-0.2, -0.15) is 0 Å². The fourth-order valence-corrected chi connectivity index (χ4v) is 5.17. The summed E-state index contributed by atoms with van der Waals surface area (Å²) in [6.45, 7) is 1.67. The normalized spacial score (nSPS) is 13.7. The average molecular weight is 395 g/mol. The lowest BCUT2D eigenvalue weighted by Gasteiger charge is -2.15. The zero-order chi connectivity index (χ0) is 17.3. The zero-order valence-corrected chi connectivity index (χ0v) is 15.5. The van der Waals surface area contributed by atoms with E-state index in [1.807, 2.05) is 0 Å². The molecule has 0 saturated heterocycles. The highest BCUT2D eigenvalue weighted by molar-refractivity contribution is 7.92. The Kier molecular flexibility index (Phi) is 5.37. The van der Waals surface area contributed by atoms with Gasteiger partial charge in [0.1, 0.15) is 4.21 Å². The van der Waals surface area contributed by atoms with E-state index in [1.54, 1.807) is 31.2 Å². The molecule has 23 heavy (non-hydrogen) atoms. The fourth-order valence-electron chi connectivity index (χ4n) is 1.89. The third-order valence-electron chi connectivity index (χ3n) is 2.84. The van der Waals surface area contributed by atoms with E-state index in [4.69, 9.17) is 11.6 Å². The smallest absolute Gasteiger partial charge is 0.250 e. The van der Waals surface area contributed by atoms with Crippen LogP contribution in [0, 0.1) is 0 Å². The number of hydrogen-bond acceptors (Lipinski definition) is 5. The van der Waals surface area contributed by atoms with Gasteiger partial charge in [0.15, 0.2) is 0 Å². The summed E-state index contributed by atoms with van der Waals surface area (Å²) in [6, 6.07) is 8.94. The Morgan fingerprint density at radius 1 is 1.13 bits per heavy atom. The zero-order valence-electron chi connectivity index (χ0n) is 12.3. The van der Waals surface area contributed by atoms with Gasteiger partial charge >= 0.3 is 0 Å². The minimum Gasteiger partial charge on any atom is -0.284 e. The monoisotopic (exact) mass is 394 g/mol. The van der Waals surface area contributed by atoms with Crippen LogP contribution in [0.4, 0.5) is 5.69 Å². The van der Waals surface area contributed by atoms with Gasteiger partial charge in [-0.05, 0) is 36.8 Å². The molecule has 6 nitrogen and oxygen atoms in total. The number of sulfonamides is 2. The van der Waals surface area contributed by atoms with Crippen molar-refractivity contribution in [3.05, 3.63) is 46.3 Å². The van der Waals surface area contributed by atoms with Crippen molar-refractivity contribution in [2.75, 3.05) is 11.0 Å². The molecule has 0 saturated carbocycles. The second-order valence-electron chi connectivity index (χ2n) is 4.90. The quantitative estimate of drug-likeness (QED) is 0.787. The molecule has 2 N–H and O–H groups in total. The van der Waals surface area contributed by atoms with Gasteiger partial charge in [0, 0.05) is 11.7 Å². The Labute approximate surface area is 144 Å². The van der Waals surface area contributed by atoms with E-state index >= 15 is 0 Å². The summed E-state index contributed by atoms with van der Waals surface area (Å²) in [5, 5.41) is 0. The van der Waals surface area contributed by atoms with Crippen LogP contribution in [-0.2, 0) is 20.0 Å². The predicted octanol–water partition coefficient (Wildman–Crippen LogP) is 2.81. The molecule has 0 fully saturated rings. The first-order valence-electron chi connectivity index (χ1n) is 6.42. The van der Waals surface area contributed by atoms with Crippen molar-refractivity contribution in [2.24, 2.45) is 0 Å². The van der Waals surface area contributed by atoms with Crippen LogP contribution in [0.3, 0.4) is 0 Å². The largest absolute Gasteiger partial charge is 0.284 e. The van der Waals surface area contributed by atoms with Gasteiger partial charge in [-0.3, -0.25) is 4.72 Å². The highest BCUT2D eigenvalue weighted by Gasteiger charge is 2.20. The summed E-state index contributed by atoms with van der Waals surface area (Å²) in [4.78, 5) is 0. The third-order valence-corrected chi connectivity index (χ3v) is 6.71. The molecule has 0 spiro atoms. The molecule has 10 heteroatoms. The number of thiophene rings is 1. The van der Waals surface area contributed by atoms with Crippen LogP contribution in [0.5, 0.6) is 0 Å². The topological polar surface area (TPSA) is 92.3 Å². The van der Waals surface area contributed by atoms with E-state index in [9.17, 15) is 16.8 Å². The maximum Gasteiger partial charge on any atom is 0.250 e. The molecular formula is C13H15ClN2O4S3. The molecule has 0 aliphatic heterocycles. The summed E-state index contributed by atoms with van der Waals surface area (Å²) in [7, 11) is -7.09. The van der Waals surface area contributed by atoms with Crippen molar-refractivity contribution < 1.29 is 16.8 Å². The lowest BCUT2D eigenvalue weighted by atomic mass is 10.1. The standard InChI is InChI=1S/C13H15ClN2O4S3/c1-9(15-23(19,20)13-7-6-12(14)21-13)10-4-3-5-11(8-10)16-22(2,17)18/h3-9,15-16H,1-2H3/t9-/m1/s1. The maximum absolute atomic E-state index is 12.3. The van der Waals surface area contributed by atoms with Gasteiger partial charge in [-0.15, -0.1) is 11.3 Å². The van der Waals surface area contributed by atoms with Gasteiger partial charge in [-0.25, -0.2) is 21.6 Å². The first-order chi connectivity index (χ1) is 10.6. The number of hydrogen-bond donors (Lipinski definition) is 2. The minimum absolute atomic E-state index is 0.125. The first-order valence-corrected chi connectivity index (χ1v) is 11.0. The fraction of sp³-hybridized carbons (Fsp3) is 0.231. The van der Waals surface area contributed by atoms with Crippen LogP contribution in [0.15, 0.2) is 40.6 Å². The molecule has 2 rings (SSSR count). The van der Waals surface area contributed by atoms with Crippen LogP contribution in [0.25, 0.3) is 0 Å². The van der Waals surface area contributed by atoms with E-state index < -0.39 is 26.1 Å². The summed E-state index contributed by atoms with van der Waals surface area (Å²) in [6.07, 6.45) is 1.05. The second kappa shape index (κ2) is 6.78. The van der Waals surface area contributed by atoms with E-state index in [1.165, 1.54) is 12.1 Å². The summed E-state index contributed by atoms with van der Waals surface area (Å²) >= 11 is 6.73. The summed E-state index contributed by atoms with van der Waals surface area (Å²) < 4.78 is 52.5. The number of benzene rings is 1. The predicted molar refractivity (Wildman–Crippen MR) is 93.0 cm³/mol. The van der Waals surface area contributed by atoms with Gasteiger partial charge in [0.25, 0.3) is 10.0 Å². The molecule has 1 heterocycles. The average Bonchev–Trinajstić information content (AvgIpc) is 2.84. The Hall–Kier alpha value is -1.13. The highest BCUT2D eigenvalue weighted by Crippen LogP contribution is 2.27. The van der Waals surface area contributed by atoms with Crippen molar-refractivity contribution in [1.82, 2.24) is 4.72 Å². The lowest BCUT2D eigenvalue weighted by Crippen LogP contribution is -2.26.